The molecule has 0 bridgehead atoms. The highest BCUT2D eigenvalue weighted by Crippen LogP contribution is 2.29. The first kappa shape index (κ1) is 19.0. The van der Waals surface area contributed by atoms with E-state index in [9.17, 15) is 14.7 Å². The Morgan fingerprint density at radius 3 is 2.72 bits per heavy atom. The van der Waals surface area contributed by atoms with Crippen LogP contribution < -0.4 is 16.6 Å². The van der Waals surface area contributed by atoms with Crippen molar-refractivity contribution in [2.24, 2.45) is 5.41 Å². The number of fused-ring (bicyclic) bond motifs is 1. The number of rotatable bonds is 4. The van der Waals surface area contributed by atoms with Crippen LogP contribution in [-0.2, 0) is 6.54 Å². The molecule has 4 N–H and O–H groups in total. The van der Waals surface area contributed by atoms with Gasteiger partial charge in [-0.15, -0.1) is 0 Å². The second kappa shape index (κ2) is 6.61. The summed E-state index contributed by atoms with van der Waals surface area (Å²) in [6.07, 6.45) is 3.31. The average molecular weight is 396 g/mol. The molecule has 1 aliphatic carbocycles. The topological polar surface area (TPSA) is 128 Å². The maximum atomic E-state index is 13.1. The van der Waals surface area contributed by atoms with Gasteiger partial charge in [0.05, 0.1) is 5.69 Å². The molecule has 0 aromatic carbocycles. The number of amides is 1. The van der Waals surface area contributed by atoms with Crippen molar-refractivity contribution in [3.05, 3.63) is 40.3 Å². The zero-order chi connectivity index (χ0) is 20.9. The molecule has 1 saturated carbocycles. The largest absolute Gasteiger partial charge is 0.494 e. The van der Waals surface area contributed by atoms with Crippen molar-refractivity contribution in [2.75, 3.05) is 5.73 Å². The lowest BCUT2D eigenvalue weighted by molar-refractivity contribution is 0.0944. The van der Waals surface area contributed by atoms with Crippen LogP contribution in [0.15, 0.2) is 29.2 Å². The minimum Gasteiger partial charge on any atom is -0.494 e. The molecule has 0 spiro atoms. The lowest BCUT2D eigenvalue weighted by atomic mass is 9.96. The van der Waals surface area contributed by atoms with E-state index in [4.69, 9.17) is 5.73 Å². The van der Waals surface area contributed by atoms with Gasteiger partial charge >= 0.3 is 0 Å². The van der Waals surface area contributed by atoms with Crippen LogP contribution in [0.5, 0.6) is 5.88 Å². The molecule has 1 aliphatic rings. The minimum atomic E-state index is -0.672. The van der Waals surface area contributed by atoms with Gasteiger partial charge in [-0.25, -0.2) is 4.98 Å². The zero-order valence-corrected chi connectivity index (χ0v) is 16.6. The summed E-state index contributed by atoms with van der Waals surface area (Å²) < 4.78 is 2.70. The summed E-state index contributed by atoms with van der Waals surface area (Å²) >= 11 is 0. The molecular weight excluding hydrogens is 372 g/mol. The summed E-state index contributed by atoms with van der Waals surface area (Å²) in [4.78, 5) is 29.8. The average Bonchev–Trinajstić information content (AvgIpc) is 3.33. The second-order valence-electron chi connectivity index (χ2n) is 8.63. The number of nitrogens with zero attached hydrogens (tertiary/aromatic N) is 4. The number of aromatic hydroxyl groups is 1. The molecule has 9 heteroatoms. The molecule has 1 fully saturated rings. The number of carbonyl (C=O) groups is 1. The molecule has 9 nitrogen and oxygen atoms in total. The van der Waals surface area contributed by atoms with E-state index in [0.29, 0.717) is 23.4 Å². The fourth-order valence-electron chi connectivity index (χ4n) is 3.24. The van der Waals surface area contributed by atoms with Crippen molar-refractivity contribution < 1.29 is 9.90 Å². The maximum Gasteiger partial charge on any atom is 0.291 e. The molecule has 3 aromatic rings. The number of hydrogen-bond acceptors (Lipinski definition) is 6. The van der Waals surface area contributed by atoms with Gasteiger partial charge in [-0.2, -0.15) is 9.61 Å². The standard InChI is InChI=1S/C20H24N6O3/c1-20(2,3)10-25-14-9-13(12-5-4-8-22-16(12)21)24-26(14)19(29)15(18(25)28)17(27)23-11-6-7-11/h4-5,8-9,11,28H,6-7,10H2,1-3H3,(H2,21,22)(H,23,27). The summed E-state index contributed by atoms with van der Waals surface area (Å²) in [5, 5.41) is 18.0. The van der Waals surface area contributed by atoms with E-state index in [1.54, 1.807) is 29.0 Å². The highest BCUT2D eigenvalue weighted by molar-refractivity contribution is 5.96. The molecular formula is C20H24N6O3. The number of carbonyl (C=O) groups excluding carboxylic acids is 1. The third-order valence-electron chi connectivity index (χ3n) is 4.74. The van der Waals surface area contributed by atoms with Crippen LogP contribution in [0.3, 0.4) is 0 Å². The summed E-state index contributed by atoms with van der Waals surface area (Å²) in [5.41, 5.74) is 6.15. The fourth-order valence-corrected chi connectivity index (χ4v) is 3.24. The Hall–Kier alpha value is -3.36. The zero-order valence-electron chi connectivity index (χ0n) is 16.6. The van der Waals surface area contributed by atoms with E-state index < -0.39 is 11.5 Å². The minimum absolute atomic E-state index is 0.0523. The first-order chi connectivity index (χ1) is 13.7. The lowest BCUT2D eigenvalue weighted by Crippen LogP contribution is -2.35. The molecule has 0 saturated heterocycles. The third kappa shape index (κ3) is 3.55. The van der Waals surface area contributed by atoms with Crippen LogP contribution >= 0.6 is 0 Å². The number of aromatic nitrogens is 4. The van der Waals surface area contributed by atoms with Crippen molar-refractivity contribution in [3.8, 4) is 17.1 Å². The number of anilines is 1. The second-order valence-corrected chi connectivity index (χ2v) is 8.63. The molecule has 0 unspecified atom stereocenters. The van der Waals surface area contributed by atoms with Crippen LogP contribution in [0.25, 0.3) is 16.9 Å². The van der Waals surface area contributed by atoms with Crippen LogP contribution in [-0.4, -0.2) is 36.2 Å². The third-order valence-corrected chi connectivity index (χ3v) is 4.74. The van der Waals surface area contributed by atoms with E-state index in [1.165, 1.54) is 0 Å². The van der Waals surface area contributed by atoms with E-state index in [1.807, 2.05) is 20.8 Å². The summed E-state index contributed by atoms with van der Waals surface area (Å²) in [6, 6.07) is 5.20. The van der Waals surface area contributed by atoms with Crippen molar-refractivity contribution in [2.45, 2.75) is 46.2 Å². The summed E-state index contributed by atoms with van der Waals surface area (Å²) in [7, 11) is 0. The fraction of sp³-hybridized carbons (Fsp3) is 0.400. The van der Waals surface area contributed by atoms with E-state index in [-0.39, 0.29) is 28.7 Å². The van der Waals surface area contributed by atoms with E-state index >= 15 is 0 Å². The molecule has 0 radical (unpaired) electrons. The molecule has 0 atom stereocenters. The van der Waals surface area contributed by atoms with Gasteiger partial charge in [0.1, 0.15) is 11.5 Å². The predicted molar refractivity (Wildman–Crippen MR) is 109 cm³/mol. The van der Waals surface area contributed by atoms with Gasteiger partial charge in [0.25, 0.3) is 11.5 Å². The Bertz CT molecular complexity index is 1170. The molecule has 4 rings (SSSR count). The molecule has 3 heterocycles. The normalized spacial score (nSPS) is 14.3. The molecule has 152 valence electrons. The quantitative estimate of drug-likeness (QED) is 0.617. The smallest absolute Gasteiger partial charge is 0.291 e. The number of hydrogen-bond donors (Lipinski definition) is 3. The van der Waals surface area contributed by atoms with Gasteiger partial charge in [-0.1, -0.05) is 20.8 Å². The van der Waals surface area contributed by atoms with Crippen LogP contribution in [0.2, 0.25) is 0 Å². The van der Waals surface area contributed by atoms with Crippen molar-refractivity contribution >= 4 is 17.4 Å². The number of nitrogens with one attached hydrogen (secondary N) is 1. The van der Waals surface area contributed by atoms with Crippen LogP contribution in [0.4, 0.5) is 5.82 Å². The first-order valence-corrected chi connectivity index (χ1v) is 9.53. The van der Waals surface area contributed by atoms with Gasteiger partial charge < -0.3 is 16.2 Å². The summed E-state index contributed by atoms with van der Waals surface area (Å²) in [6.45, 7) is 6.38. The predicted octanol–water partition coefficient (Wildman–Crippen LogP) is 1.78. The Labute approximate surface area is 167 Å². The highest BCUT2D eigenvalue weighted by Gasteiger charge is 2.30. The molecule has 3 aromatic heterocycles. The lowest BCUT2D eigenvalue weighted by Gasteiger charge is -2.23. The Kier molecular flexibility index (Phi) is 4.33. The van der Waals surface area contributed by atoms with Gasteiger partial charge in [0, 0.05) is 30.4 Å². The molecule has 0 aliphatic heterocycles. The van der Waals surface area contributed by atoms with Gasteiger partial charge in [-0.05, 0) is 30.4 Å². The number of pyridine rings is 1. The highest BCUT2D eigenvalue weighted by atomic mass is 16.3. The Morgan fingerprint density at radius 2 is 2.10 bits per heavy atom. The van der Waals surface area contributed by atoms with E-state index in [2.05, 4.69) is 15.4 Å². The van der Waals surface area contributed by atoms with Crippen molar-refractivity contribution in [3.63, 3.8) is 0 Å². The SMILES string of the molecule is CC(C)(C)Cn1c(O)c(C(=O)NC2CC2)c(=O)n2nc(-c3cccnc3N)cc12. The number of nitrogen functional groups attached to an aromatic ring is 1. The van der Waals surface area contributed by atoms with Gasteiger partial charge in [0.15, 0.2) is 5.56 Å². The van der Waals surface area contributed by atoms with E-state index in [0.717, 1.165) is 17.4 Å². The molecule has 29 heavy (non-hydrogen) atoms. The van der Waals surface area contributed by atoms with Crippen molar-refractivity contribution in [1.29, 1.82) is 0 Å². The van der Waals surface area contributed by atoms with Crippen LogP contribution in [0.1, 0.15) is 44.0 Å². The Balaban J connectivity index is 1.96. The monoisotopic (exact) mass is 396 g/mol. The molecule has 1 amide bonds. The van der Waals surface area contributed by atoms with Gasteiger partial charge in [0.2, 0.25) is 5.88 Å². The van der Waals surface area contributed by atoms with Gasteiger partial charge in [-0.3, -0.25) is 14.2 Å². The summed E-state index contributed by atoms with van der Waals surface area (Å²) in [5.74, 6) is -0.666. The van der Waals surface area contributed by atoms with Crippen molar-refractivity contribution in [1.82, 2.24) is 24.5 Å². The number of nitrogens with two attached hydrogens (primary N) is 1. The maximum absolute atomic E-state index is 13.1. The Morgan fingerprint density at radius 1 is 1.38 bits per heavy atom. The van der Waals surface area contributed by atoms with Crippen LogP contribution in [0, 0.1) is 5.41 Å². The first-order valence-electron chi connectivity index (χ1n) is 9.53.